The summed E-state index contributed by atoms with van der Waals surface area (Å²) in [6.07, 6.45) is 2.63. The molecule has 0 radical (unpaired) electrons. The van der Waals surface area contributed by atoms with Gasteiger partial charge >= 0.3 is 0 Å². The molecule has 100 valence electrons. The third kappa shape index (κ3) is 3.52. The van der Waals surface area contributed by atoms with E-state index >= 15 is 0 Å². The summed E-state index contributed by atoms with van der Waals surface area (Å²) in [5.41, 5.74) is 0. The molecule has 1 rings (SSSR count). The fourth-order valence-electron chi connectivity index (χ4n) is 2.42. The average Bonchev–Trinajstić information content (AvgIpc) is 2.33. The van der Waals surface area contributed by atoms with Crippen molar-refractivity contribution in [3.05, 3.63) is 12.7 Å². The van der Waals surface area contributed by atoms with Crippen LogP contribution in [0, 0.1) is 11.8 Å². The summed E-state index contributed by atoms with van der Waals surface area (Å²) in [5.74, 6) is 0.482. The molecular weight excluding hydrogens is 220 g/mol. The maximum atomic E-state index is 5.90. The Hall–Kier alpha value is -0.420. The van der Waals surface area contributed by atoms with E-state index in [0.29, 0.717) is 12.7 Å². The minimum atomic E-state index is -0.224. The van der Waals surface area contributed by atoms with Crippen LogP contribution in [-0.4, -0.2) is 39.5 Å². The highest BCUT2D eigenvalue weighted by Crippen LogP contribution is 2.34. The van der Waals surface area contributed by atoms with Gasteiger partial charge in [-0.1, -0.05) is 19.9 Å². The molecule has 4 nitrogen and oxygen atoms in total. The molecule has 0 unspecified atom stereocenters. The van der Waals surface area contributed by atoms with Crippen LogP contribution in [0.15, 0.2) is 12.7 Å². The number of hydrogen-bond donors (Lipinski definition) is 0. The van der Waals surface area contributed by atoms with Crippen molar-refractivity contribution in [2.75, 3.05) is 21.0 Å². The molecule has 4 heteroatoms. The molecule has 1 heterocycles. The Morgan fingerprint density at radius 2 is 1.94 bits per heavy atom. The molecule has 0 aromatic rings. The molecular formula is C13H24O4. The largest absolute Gasteiger partial charge is 0.359 e. The molecule has 0 aromatic heterocycles. The van der Waals surface area contributed by atoms with E-state index in [-0.39, 0.29) is 24.4 Å². The second-order valence-corrected chi connectivity index (χ2v) is 4.56. The normalized spacial score (nSPS) is 38.0. The molecule has 0 bridgehead atoms. The molecule has 0 aliphatic carbocycles. The Balaban J connectivity index is 2.71. The lowest BCUT2D eigenvalue weighted by Gasteiger charge is -2.43. The number of methoxy groups -OCH3 is 2. The van der Waals surface area contributed by atoms with Gasteiger partial charge < -0.3 is 18.9 Å². The first-order valence-corrected chi connectivity index (χ1v) is 6.05. The van der Waals surface area contributed by atoms with Gasteiger partial charge in [0.15, 0.2) is 6.29 Å². The van der Waals surface area contributed by atoms with Crippen LogP contribution in [0.3, 0.4) is 0 Å². The molecule has 1 aliphatic heterocycles. The molecule has 1 aliphatic rings. The van der Waals surface area contributed by atoms with Crippen molar-refractivity contribution in [3.8, 4) is 0 Å². The lowest BCUT2D eigenvalue weighted by molar-refractivity contribution is -0.269. The first-order chi connectivity index (χ1) is 8.15. The predicted molar refractivity (Wildman–Crippen MR) is 65.6 cm³/mol. The Bertz CT molecular complexity index is 231. The van der Waals surface area contributed by atoms with Crippen LogP contribution in [-0.2, 0) is 18.9 Å². The van der Waals surface area contributed by atoms with E-state index in [1.165, 1.54) is 0 Å². The van der Waals surface area contributed by atoms with Crippen LogP contribution >= 0.6 is 0 Å². The zero-order chi connectivity index (χ0) is 12.8. The zero-order valence-corrected chi connectivity index (χ0v) is 11.2. The summed E-state index contributed by atoms with van der Waals surface area (Å²) in [7, 11) is 3.29. The van der Waals surface area contributed by atoms with Gasteiger partial charge in [0.05, 0.1) is 12.2 Å². The van der Waals surface area contributed by atoms with E-state index in [9.17, 15) is 0 Å². The van der Waals surface area contributed by atoms with E-state index in [0.717, 1.165) is 6.42 Å². The van der Waals surface area contributed by atoms with Gasteiger partial charge in [-0.25, -0.2) is 0 Å². The molecule has 1 saturated heterocycles. The van der Waals surface area contributed by atoms with Crippen molar-refractivity contribution in [2.24, 2.45) is 11.8 Å². The molecule has 1 fully saturated rings. The van der Waals surface area contributed by atoms with Crippen molar-refractivity contribution in [2.45, 2.75) is 38.8 Å². The van der Waals surface area contributed by atoms with Crippen LogP contribution in [0.4, 0.5) is 0 Å². The number of hydrogen-bond acceptors (Lipinski definition) is 4. The number of ether oxygens (including phenoxy) is 4. The SMILES string of the molecule is C=CC[C@@H]1O[C@@H](OC)[C@H](C)[C@@H](OCOC)[C@H]1C. The molecule has 0 N–H and O–H groups in total. The van der Waals surface area contributed by atoms with E-state index in [4.69, 9.17) is 18.9 Å². The average molecular weight is 244 g/mol. The highest BCUT2D eigenvalue weighted by molar-refractivity contribution is 4.89. The van der Waals surface area contributed by atoms with Crippen LogP contribution in [0.25, 0.3) is 0 Å². The smallest absolute Gasteiger partial charge is 0.162 e. The quantitative estimate of drug-likeness (QED) is 0.530. The lowest BCUT2D eigenvalue weighted by atomic mass is 9.84. The monoisotopic (exact) mass is 244 g/mol. The van der Waals surface area contributed by atoms with Gasteiger partial charge in [0, 0.05) is 26.1 Å². The van der Waals surface area contributed by atoms with Gasteiger partial charge in [0.1, 0.15) is 6.79 Å². The van der Waals surface area contributed by atoms with Crippen LogP contribution in [0.5, 0.6) is 0 Å². The Morgan fingerprint density at radius 3 is 2.47 bits per heavy atom. The maximum Gasteiger partial charge on any atom is 0.162 e. The topological polar surface area (TPSA) is 36.9 Å². The van der Waals surface area contributed by atoms with Crippen LogP contribution in [0.1, 0.15) is 20.3 Å². The van der Waals surface area contributed by atoms with Crippen molar-refractivity contribution in [3.63, 3.8) is 0 Å². The molecule has 0 amide bonds. The van der Waals surface area contributed by atoms with E-state index in [2.05, 4.69) is 20.4 Å². The van der Waals surface area contributed by atoms with Gasteiger partial charge in [0.2, 0.25) is 0 Å². The standard InChI is InChI=1S/C13H24O4/c1-6-7-11-9(2)12(16-8-14-4)10(3)13(15-5)17-11/h6,9-13H,1,7-8H2,2-5H3/t9-,10+,11-,12-,13+/m0/s1. The van der Waals surface area contributed by atoms with E-state index in [1.807, 2.05) is 6.08 Å². The fraction of sp³-hybridized carbons (Fsp3) is 0.846. The molecule has 17 heavy (non-hydrogen) atoms. The minimum absolute atomic E-state index is 0.0820. The summed E-state index contributed by atoms with van der Waals surface area (Å²) < 4.78 is 22.0. The highest BCUT2D eigenvalue weighted by Gasteiger charge is 2.41. The van der Waals surface area contributed by atoms with Gasteiger partial charge in [0.25, 0.3) is 0 Å². The van der Waals surface area contributed by atoms with Gasteiger partial charge in [-0.15, -0.1) is 6.58 Å². The first-order valence-electron chi connectivity index (χ1n) is 6.05. The maximum absolute atomic E-state index is 5.90. The Morgan fingerprint density at radius 1 is 1.24 bits per heavy atom. The summed E-state index contributed by atoms with van der Waals surface area (Å²) in [6.45, 7) is 8.28. The molecule has 0 spiro atoms. The summed E-state index contributed by atoms with van der Waals surface area (Å²) in [4.78, 5) is 0. The Labute approximate surface area is 104 Å². The fourth-order valence-corrected chi connectivity index (χ4v) is 2.42. The minimum Gasteiger partial charge on any atom is -0.359 e. The van der Waals surface area contributed by atoms with E-state index in [1.54, 1.807) is 14.2 Å². The third-order valence-electron chi connectivity index (χ3n) is 3.37. The van der Waals surface area contributed by atoms with Gasteiger partial charge in [-0.3, -0.25) is 0 Å². The predicted octanol–water partition coefficient (Wildman–Crippen LogP) is 2.20. The number of rotatable bonds is 6. The summed E-state index contributed by atoms with van der Waals surface area (Å²) >= 11 is 0. The molecule has 0 saturated carbocycles. The Kier molecular flexibility index (Phi) is 6.12. The first kappa shape index (κ1) is 14.6. The van der Waals surface area contributed by atoms with E-state index < -0.39 is 0 Å². The van der Waals surface area contributed by atoms with Crippen molar-refractivity contribution < 1.29 is 18.9 Å². The molecule has 5 atom stereocenters. The summed E-state index contributed by atoms with van der Waals surface area (Å²) in [6, 6.07) is 0. The zero-order valence-electron chi connectivity index (χ0n) is 11.2. The lowest BCUT2D eigenvalue weighted by Crippen LogP contribution is -2.50. The third-order valence-corrected chi connectivity index (χ3v) is 3.37. The van der Waals surface area contributed by atoms with Crippen LogP contribution < -0.4 is 0 Å². The van der Waals surface area contributed by atoms with Crippen molar-refractivity contribution >= 4 is 0 Å². The highest BCUT2D eigenvalue weighted by atomic mass is 16.7. The van der Waals surface area contributed by atoms with Crippen molar-refractivity contribution in [1.82, 2.24) is 0 Å². The second kappa shape index (κ2) is 7.11. The molecule has 0 aromatic carbocycles. The van der Waals surface area contributed by atoms with Crippen LogP contribution in [0.2, 0.25) is 0 Å². The second-order valence-electron chi connectivity index (χ2n) is 4.56. The van der Waals surface area contributed by atoms with Crippen molar-refractivity contribution in [1.29, 1.82) is 0 Å². The summed E-state index contributed by atoms with van der Waals surface area (Å²) in [5, 5.41) is 0. The van der Waals surface area contributed by atoms with Gasteiger partial charge in [-0.05, 0) is 6.42 Å². The van der Waals surface area contributed by atoms with Gasteiger partial charge in [-0.2, -0.15) is 0 Å².